The number of ether oxygens (including phenoxy) is 1. The molecule has 0 aromatic heterocycles. The molecule has 1 saturated heterocycles. The predicted molar refractivity (Wildman–Crippen MR) is 43.5 cm³/mol. The smallest absolute Gasteiger partial charge is 0.0704 e. The van der Waals surface area contributed by atoms with Crippen LogP contribution in [0.15, 0.2) is 0 Å². The summed E-state index contributed by atoms with van der Waals surface area (Å²) in [5.41, 5.74) is 0. The Labute approximate surface area is 67.7 Å². The third kappa shape index (κ3) is 2.77. The van der Waals surface area contributed by atoms with E-state index in [0.717, 1.165) is 32.5 Å². The van der Waals surface area contributed by atoms with Gasteiger partial charge in [0.15, 0.2) is 0 Å². The Morgan fingerprint density at radius 2 is 2.36 bits per heavy atom. The molecule has 0 aromatic rings. The number of hydrogen-bond acceptors (Lipinski definition) is 3. The van der Waals surface area contributed by atoms with E-state index in [1.165, 1.54) is 0 Å². The fourth-order valence-corrected chi connectivity index (χ4v) is 1.50. The second kappa shape index (κ2) is 4.70. The van der Waals surface area contributed by atoms with Crippen LogP contribution in [0.4, 0.5) is 0 Å². The van der Waals surface area contributed by atoms with Gasteiger partial charge in [-0.1, -0.05) is 0 Å². The van der Waals surface area contributed by atoms with E-state index < -0.39 is 0 Å². The molecule has 1 heterocycles. The first-order valence-electron chi connectivity index (χ1n) is 4.22. The lowest BCUT2D eigenvalue weighted by molar-refractivity contribution is 0.129. The van der Waals surface area contributed by atoms with Gasteiger partial charge in [0, 0.05) is 26.8 Å². The molecule has 11 heavy (non-hydrogen) atoms. The van der Waals surface area contributed by atoms with Gasteiger partial charge in [-0.15, -0.1) is 0 Å². The lowest BCUT2D eigenvalue weighted by atomic mass is 10.0. The Bertz CT molecular complexity index is 108. The van der Waals surface area contributed by atoms with Gasteiger partial charge in [0.1, 0.15) is 0 Å². The molecule has 66 valence electrons. The second-order valence-electron chi connectivity index (χ2n) is 3.12. The normalized spacial score (nSPS) is 31.1. The molecule has 0 spiro atoms. The maximum atomic E-state index is 9.38. The fraction of sp³-hybridized carbons (Fsp3) is 1.00. The average molecular weight is 159 g/mol. The van der Waals surface area contributed by atoms with Crippen LogP contribution >= 0.6 is 0 Å². The highest BCUT2D eigenvalue weighted by atomic mass is 16.5. The summed E-state index contributed by atoms with van der Waals surface area (Å²) in [5, 5.41) is 12.5. The zero-order valence-corrected chi connectivity index (χ0v) is 7.05. The van der Waals surface area contributed by atoms with E-state index in [1.54, 1.807) is 7.11 Å². The summed E-state index contributed by atoms with van der Waals surface area (Å²) in [5.74, 6) is 0.449. The maximum absolute atomic E-state index is 9.38. The molecule has 2 unspecified atom stereocenters. The summed E-state index contributed by atoms with van der Waals surface area (Å²) < 4.78 is 4.93. The van der Waals surface area contributed by atoms with Crippen LogP contribution in [-0.2, 0) is 4.74 Å². The van der Waals surface area contributed by atoms with Crippen molar-refractivity contribution in [2.75, 3.05) is 26.8 Å². The molecule has 0 saturated carbocycles. The lowest BCUT2D eigenvalue weighted by Crippen LogP contribution is -2.18. The minimum atomic E-state index is -0.133. The minimum Gasteiger partial charge on any atom is -0.391 e. The Morgan fingerprint density at radius 1 is 1.55 bits per heavy atom. The van der Waals surface area contributed by atoms with Gasteiger partial charge < -0.3 is 15.2 Å². The van der Waals surface area contributed by atoms with Crippen LogP contribution in [0.3, 0.4) is 0 Å². The van der Waals surface area contributed by atoms with Crippen molar-refractivity contribution in [1.82, 2.24) is 5.32 Å². The van der Waals surface area contributed by atoms with Crippen molar-refractivity contribution < 1.29 is 9.84 Å². The molecular formula is C8H17NO2. The topological polar surface area (TPSA) is 41.5 Å². The molecule has 3 heteroatoms. The Morgan fingerprint density at radius 3 is 2.91 bits per heavy atom. The van der Waals surface area contributed by atoms with E-state index in [1.807, 2.05) is 0 Å². The van der Waals surface area contributed by atoms with Crippen molar-refractivity contribution in [3.05, 3.63) is 0 Å². The van der Waals surface area contributed by atoms with Crippen LogP contribution in [0.5, 0.6) is 0 Å². The number of methoxy groups -OCH3 is 1. The fourth-order valence-electron chi connectivity index (χ4n) is 1.50. The van der Waals surface area contributed by atoms with Crippen molar-refractivity contribution in [1.29, 1.82) is 0 Å². The lowest BCUT2D eigenvalue weighted by Gasteiger charge is -2.11. The Hall–Kier alpha value is -0.120. The van der Waals surface area contributed by atoms with E-state index in [4.69, 9.17) is 4.74 Å². The first-order chi connectivity index (χ1) is 5.34. The maximum Gasteiger partial charge on any atom is 0.0704 e. The molecule has 1 fully saturated rings. The zero-order chi connectivity index (χ0) is 8.10. The number of aliphatic hydroxyl groups is 1. The van der Waals surface area contributed by atoms with Gasteiger partial charge in [0.05, 0.1) is 6.10 Å². The SMILES string of the molecule is COCCCC1CNCC1O. The molecule has 1 aliphatic rings. The van der Waals surface area contributed by atoms with Gasteiger partial charge in [-0.2, -0.15) is 0 Å². The molecule has 3 nitrogen and oxygen atoms in total. The number of hydrogen-bond donors (Lipinski definition) is 2. The highest BCUT2D eigenvalue weighted by molar-refractivity contribution is 4.79. The van der Waals surface area contributed by atoms with Crippen LogP contribution in [0.2, 0.25) is 0 Å². The van der Waals surface area contributed by atoms with Crippen LogP contribution in [0.1, 0.15) is 12.8 Å². The minimum absolute atomic E-state index is 0.133. The quantitative estimate of drug-likeness (QED) is 0.567. The molecular weight excluding hydrogens is 142 g/mol. The van der Waals surface area contributed by atoms with Crippen LogP contribution in [0, 0.1) is 5.92 Å². The predicted octanol–water partition coefficient (Wildman–Crippen LogP) is -0.00670. The molecule has 0 amide bonds. The number of rotatable bonds is 4. The first kappa shape index (κ1) is 8.97. The number of aliphatic hydroxyl groups excluding tert-OH is 1. The van der Waals surface area contributed by atoms with Gasteiger partial charge >= 0.3 is 0 Å². The molecule has 0 aromatic carbocycles. The second-order valence-corrected chi connectivity index (χ2v) is 3.12. The van der Waals surface area contributed by atoms with E-state index >= 15 is 0 Å². The van der Waals surface area contributed by atoms with Gasteiger partial charge in [0.25, 0.3) is 0 Å². The highest BCUT2D eigenvalue weighted by Crippen LogP contribution is 2.14. The third-order valence-electron chi connectivity index (χ3n) is 2.23. The van der Waals surface area contributed by atoms with E-state index in [-0.39, 0.29) is 6.10 Å². The summed E-state index contributed by atoms with van der Waals surface area (Å²) >= 11 is 0. The van der Waals surface area contributed by atoms with E-state index in [2.05, 4.69) is 5.32 Å². The summed E-state index contributed by atoms with van der Waals surface area (Å²) in [7, 11) is 1.71. The molecule has 1 rings (SSSR count). The number of nitrogens with one attached hydrogen (secondary N) is 1. The van der Waals surface area contributed by atoms with Crippen molar-refractivity contribution in [2.24, 2.45) is 5.92 Å². The van der Waals surface area contributed by atoms with Gasteiger partial charge in [0.2, 0.25) is 0 Å². The zero-order valence-electron chi connectivity index (χ0n) is 7.05. The third-order valence-corrected chi connectivity index (χ3v) is 2.23. The van der Waals surface area contributed by atoms with Crippen LogP contribution in [-0.4, -0.2) is 38.0 Å². The van der Waals surface area contributed by atoms with Crippen molar-refractivity contribution in [3.63, 3.8) is 0 Å². The van der Waals surface area contributed by atoms with E-state index in [9.17, 15) is 5.11 Å². The van der Waals surface area contributed by atoms with Gasteiger partial charge in [-0.05, 0) is 18.8 Å². The van der Waals surface area contributed by atoms with Crippen molar-refractivity contribution in [3.8, 4) is 0 Å². The van der Waals surface area contributed by atoms with Gasteiger partial charge in [-0.25, -0.2) is 0 Å². The molecule has 0 bridgehead atoms. The van der Waals surface area contributed by atoms with Gasteiger partial charge in [-0.3, -0.25) is 0 Å². The molecule has 1 aliphatic heterocycles. The Kier molecular flexibility index (Phi) is 3.83. The molecule has 0 radical (unpaired) electrons. The first-order valence-corrected chi connectivity index (χ1v) is 4.22. The number of β-amino-alcohol motifs (C(OH)–C–C–N with tert-alkyl or cyclic N) is 1. The molecule has 2 atom stereocenters. The van der Waals surface area contributed by atoms with E-state index in [0.29, 0.717) is 5.92 Å². The molecule has 2 N–H and O–H groups in total. The van der Waals surface area contributed by atoms with Crippen molar-refractivity contribution in [2.45, 2.75) is 18.9 Å². The average Bonchev–Trinajstić information content (AvgIpc) is 2.37. The monoisotopic (exact) mass is 159 g/mol. The summed E-state index contributed by atoms with van der Waals surface area (Å²) in [6.07, 6.45) is 1.99. The Balaban J connectivity index is 2.05. The molecule has 0 aliphatic carbocycles. The standard InChI is InChI=1S/C8H17NO2/c1-11-4-2-3-7-5-9-6-8(7)10/h7-10H,2-6H2,1H3. The largest absolute Gasteiger partial charge is 0.391 e. The summed E-state index contributed by atoms with van der Waals surface area (Å²) in [6, 6.07) is 0. The summed E-state index contributed by atoms with van der Waals surface area (Å²) in [4.78, 5) is 0. The van der Waals surface area contributed by atoms with Crippen LogP contribution < -0.4 is 5.32 Å². The van der Waals surface area contributed by atoms with Crippen LogP contribution in [0.25, 0.3) is 0 Å². The highest BCUT2D eigenvalue weighted by Gasteiger charge is 2.23. The summed E-state index contributed by atoms with van der Waals surface area (Å²) in [6.45, 7) is 2.53. The van der Waals surface area contributed by atoms with Crippen molar-refractivity contribution >= 4 is 0 Å².